The smallest absolute Gasteiger partial charge is 0.232 e. The average Bonchev–Trinajstić information content (AvgIpc) is 3.13. The average molecular weight is 455 g/mol. The molecule has 172 valence electrons. The predicted octanol–water partition coefficient (Wildman–Crippen LogP) is 4.34. The van der Waals surface area contributed by atoms with E-state index in [-0.39, 0.29) is 0 Å². The van der Waals surface area contributed by atoms with E-state index in [4.69, 9.17) is 26.9 Å². The third-order valence-corrected chi connectivity index (χ3v) is 6.39. The zero-order chi connectivity index (χ0) is 22.2. The second kappa shape index (κ2) is 11.3. The lowest BCUT2D eigenvalue weighted by atomic mass is 10.1. The number of benzene rings is 1. The number of hydrogen-bond donors (Lipinski definition) is 2. The van der Waals surface area contributed by atoms with E-state index < -0.39 is 0 Å². The fourth-order valence-electron chi connectivity index (χ4n) is 4.30. The van der Waals surface area contributed by atoms with E-state index >= 15 is 0 Å². The molecule has 2 aliphatic rings. The SMILES string of the molecule is COc1ccc(CNC(=S)Nc2nc(N3CCCCCC3)cc(N3CCCCC3)n2)cc1. The minimum absolute atomic E-state index is 0.526. The van der Waals surface area contributed by atoms with Gasteiger partial charge in [0, 0.05) is 38.8 Å². The first kappa shape index (κ1) is 22.6. The summed E-state index contributed by atoms with van der Waals surface area (Å²) in [6, 6.07) is 10.1. The van der Waals surface area contributed by atoms with E-state index in [1.807, 2.05) is 24.3 Å². The zero-order valence-corrected chi connectivity index (χ0v) is 19.8. The molecular weight excluding hydrogens is 420 g/mol. The van der Waals surface area contributed by atoms with Crippen molar-refractivity contribution < 1.29 is 4.74 Å². The molecule has 0 aliphatic carbocycles. The van der Waals surface area contributed by atoms with Crippen molar-refractivity contribution in [2.75, 3.05) is 48.4 Å². The summed E-state index contributed by atoms with van der Waals surface area (Å²) in [4.78, 5) is 14.5. The minimum Gasteiger partial charge on any atom is -0.497 e. The first-order valence-electron chi connectivity index (χ1n) is 11.8. The highest BCUT2D eigenvalue weighted by Gasteiger charge is 2.18. The van der Waals surface area contributed by atoms with Gasteiger partial charge in [0.1, 0.15) is 17.4 Å². The molecule has 8 heteroatoms. The number of aromatic nitrogens is 2. The molecule has 0 unspecified atom stereocenters. The van der Waals surface area contributed by atoms with Crippen molar-refractivity contribution in [3.8, 4) is 5.75 Å². The van der Waals surface area contributed by atoms with Crippen LogP contribution in [0.1, 0.15) is 50.5 Å². The predicted molar refractivity (Wildman–Crippen MR) is 135 cm³/mol. The molecule has 32 heavy (non-hydrogen) atoms. The van der Waals surface area contributed by atoms with Crippen molar-refractivity contribution in [2.45, 2.75) is 51.5 Å². The summed E-state index contributed by atoms with van der Waals surface area (Å²) in [6.45, 7) is 4.83. The van der Waals surface area contributed by atoms with Crippen LogP contribution in [0.25, 0.3) is 0 Å². The van der Waals surface area contributed by atoms with E-state index in [1.54, 1.807) is 7.11 Å². The van der Waals surface area contributed by atoms with Gasteiger partial charge < -0.3 is 25.2 Å². The van der Waals surface area contributed by atoms with Gasteiger partial charge in [-0.3, -0.25) is 0 Å². The van der Waals surface area contributed by atoms with Crippen molar-refractivity contribution >= 4 is 34.9 Å². The summed E-state index contributed by atoms with van der Waals surface area (Å²) in [7, 11) is 1.67. The number of anilines is 3. The Bertz CT molecular complexity index is 877. The van der Waals surface area contributed by atoms with Crippen LogP contribution in [-0.2, 0) is 6.54 Å². The first-order chi connectivity index (χ1) is 15.7. The number of methoxy groups -OCH3 is 1. The molecular formula is C24H34N6OS. The van der Waals surface area contributed by atoms with Crippen LogP contribution in [0, 0.1) is 0 Å². The summed E-state index contributed by atoms with van der Waals surface area (Å²) < 4.78 is 5.22. The first-order valence-corrected chi connectivity index (χ1v) is 12.2. The molecule has 0 atom stereocenters. The standard InChI is InChI=1S/C24H34N6OS/c1-31-20-11-9-19(10-12-20)18-25-24(32)28-23-26-21(29-13-5-2-3-6-14-29)17-22(27-23)30-15-7-4-8-16-30/h9-12,17H,2-8,13-16,18H2,1H3,(H2,25,26,27,28,32). The molecule has 7 nitrogen and oxygen atoms in total. The Hall–Kier alpha value is -2.61. The number of ether oxygens (including phenoxy) is 1. The van der Waals surface area contributed by atoms with Gasteiger partial charge in [0.25, 0.3) is 0 Å². The maximum Gasteiger partial charge on any atom is 0.232 e. The van der Waals surface area contributed by atoms with Gasteiger partial charge in [-0.15, -0.1) is 0 Å². The maximum atomic E-state index is 5.55. The Morgan fingerprint density at radius 1 is 0.875 bits per heavy atom. The number of nitrogens with one attached hydrogen (secondary N) is 2. The fourth-order valence-corrected chi connectivity index (χ4v) is 4.46. The molecule has 2 N–H and O–H groups in total. The third-order valence-electron chi connectivity index (χ3n) is 6.15. The molecule has 0 radical (unpaired) electrons. The lowest BCUT2D eigenvalue weighted by molar-refractivity contribution is 0.414. The Morgan fingerprint density at radius 2 is 1.41 bits per heavy atom. The van der Waals surface area contributed by atoms with Crippen LogP contribution in [-0.4, -0.2) is 48.4 Å². The van der Waals surface area contributed by atoms with Gasteiger partial charge in [0.2, 0.25) is 5.95 Å². The zero-order valence-electron chi connectivity index (χ0n) is 19.0. The van der Waals surface area contributed by atoms with E-state index in [0.29, 0.717) is 17.6 Å². The van der Waals surface area contributed by atoms with Gasteiger partial charge in [-0.05, 0) is 62.0 Å². The van der Waals surface area contributed by atoms with Crippen molar-refractivity contribution in [1.82, 2.24) is 15.3 Å². The third kappa shape index (κ3) is 6.22. The van der Waals surface area contributed by atoms with Gasteiger partial charge in [0.05, 0.1) is 7.11 Å². The second-order valence-electron chi connectivity index (χ2n) is 8.51. The van der Waals surface area contributed by atoms with Crippen molar-refractivity contribution in [3.63, 3.8) is 0 Å². The number of rotatable bonds is 6. The van der Waals surface area contributed by atoms with Gasteiger partial charge >= 0.3 is 0 Å². The molecule has 0 bridgehead atoms. The summed E-state index contributed by atoms with van der Waals surface area (Å²) >= 11 is 5.55. The number of piperidine rings is 1. The molecule has 0 amide bonds. The topological polar surface area (TPSA) is 65.6 Å². The molecule has 2 aromatic rings. The Kier molecular flexibility index (Phi) is 7.98. The van der Waals surface area contributed by atoms with Gasteiger partial charge in [-0.1, -0.05) is 25.0 Å². The lowest BCUT2D eigenvalue weighted by Gasteiger charge is -2.29. The fraction of sp³-hybridized carbons (Fsp3) is 0.542. The molecule has 1 aromatic heterocycles. The molecule has 2 saturated heterocycles. The summed E-state index contributed by atoms with van der Waals surface area (Å²) in [5, 5.41) is 7.02. The molecule has 2 fully saturated rings. The molecule has 3 heterocycles. The quantitative estimate of drug-likeness (QED) is 0.625. The van der Waals surface area contributed by atoms with Crippen LogP contribution in [0.2, 0.25) is 0 Å². The number of hydrogen-bond acceptors (Lipinski definition) is 6. The van der Waals surface area contributed by atoms with Crippen LogP contribution in [0.5, 0.6) is 5.75 Å². The molecule has 1 aromatic carbocycles. The maximum absolute atomic E-state index is 5.55. The highest BCUT2D eigenvalue weighted by molar-refractivity contribution is 7.80. The van der Waals surface area contributed by atoms with Crippen LogP contribution < -0.4 is 25.2 Å². The molecule has 0 saturated carbocycles. The van der Waals surface area contributed by atoms with E-state index in [0.717, 1.165) is 49.1 Å². The summed E-state index contributed by atoms with van der Waals surface area (Å²) in [6.07, 6.45) is 8.75. The van der Waals surface area contributed by atoms with Gasteiger partial charge in [-0.25, -0.2) is 0 Å². The normalized spacial score (nSPS) is 16.9. The summed E-state index contributed by atoms with van der Waals surface area (Å²) in [5.41, 5.74) is 1.13. The Labute approximate surface area is 196 Å². The van der Waals surface area contributed by atoms with Crippen molar-refractivity contribution in [3.05, 3.63) is 35.9 Å². The van der Waals surface area contributed by atoms with E-state index in [1.165, 1.54) is 44.9 Å². The van der Waals surface area contributed by atoms with Gasteiger partial charge in [-0.2, -0.15) is 9.97 Å². The monoisotopic (exact) mass is 454 g/mol. The van der Waals surface area contributed by atoms with Crippen molar-refractivity contribution in [2.24, 2.45) is 0 Å². The van der Waals surface area contributed by atoms with E-state index in [9.17, 15) is 0 Å². The van der Waals surface area contributed by atoms with Gasteiger partial charge in [0.15, 0.2) is 5.11 Å². The second-order valence-corrected chi connectivity index (χ2v) is 8.92. The Balaban J connectivity index is 1.46. The number of thiocarbonyl (C=S) groups is 1. The van der Waals surface area contributed by atoms with Crippen LogP contribution in [0.4, 0.5) is 17.6 Å². The lowest BCUT2D eigenvalue weighted by Crippen LogP contribution is -2.33. The number of nitrogens with zero attached hydrogens (tertiary/aromatic N) is 4. The van der Waals surface area contributed by atoms with Crippen LogP contribution in [0.3, 0.4) is 0 Å². The molecule has 0 spiro atoms. The highest BCUT2D eigenvalue weighted by Crippen LogP contribution is 2.26. The van der Waals surface area contributed by atoms with Crippen LogP contribution >= 0.6 is 12.2 Å². The van der Waals surface area contributed by atoms with Crippen molar-refractivity contribution in [1.29, 1.82) is 0 Å². The molecule has 4 rings (SSSR count). The highest BCUT2D eigenvalue weighted by atomic mass is 32.1. The van der Waals surface area contributed by atoms with Crippen LogP contribution in [0.15, 0.2) is 30.3 Å². The Morgan fingerprint density at radius 3 is 1.94 bits per heavy atom. The molecule has 2 aliphatic heterocycles. The largest absolute Gasteiger partial charge is 0.497 e. The minimum atomic E-state index is 0.526. The summed E-state index contributed by atoms with van der Waals surface area (Å²) in [5.74, 6) is 3.42. The van der Waals surface area contributed by atoms with E-state index in [2.05, 4.69) is 26.5 Å².